The molecule has 0 bridgehead atoms. The third-order valence-electron chi connectivity index (χ3n) is 3.16. The molecule has 1 unspecified atom stereocenters. The molecule has 1 aromatic carbocycles. The van der Waals surface area contributed by atoms with E-state index in [0.717, 1.165) is 5.56 Å². The Morgan fingerprint density at radius 1 is 1.19 bits per heavy atom. The lowest BCUT2D eigenvalue weighted by Crippen LogP contribution is -2.36. The number of rotatable bonds is 8. The third-order valence-corrected chi connectivity index (χ3v) is 5.04. The first-order valence-corrected chi connectivity index (χ1v) is 8.57. The summed E-state index contributed by atoms with van der Waals surface area (Å²) < 4.78 is 31.9. The second-order valence-corrected chi connectivity index (χ2v) is 7.55. The van der Waals surface area contributed by atoms with Crippen molar-refractivity contribution in [3.8, 4) is 0 Å². The van der Waals surface area contributed by atoms with Crippen LogP contribution >= 0.6 is 0 Å². The van der Waals surface area contributed by atoms with Crippen molar-refractivity contribution >= 4 is 10.0 Å². The maximum Gasteiger partial charge on any atom is 0.243 e. The molecule has 6 heteroatoms. The van der Waals surface area contributed by atoms with Crippen molar-refractivity contribution in [3.05, 3.63) is 29.8 Å². The van der Waals surface area contributed by atoms with E-state index in [1.54, 1.807) is 31.4 Å². The maximum absolute atomic E-state index is 12.7. The minimum Gasteiger partial charge on any atom is -0.383 e. The number of benzene rings is 1. The largest absolute Gasteiger partial charge is 0.383 e. The summed E-state index contributed by atoms with van der Waals surface area (Å²) in [6.45, 7) is 7.06. The van der Waals surface area contributed by atoms with Crippen molar-refractivity contribution in [1.29, 1.82) is 0 Å². The van der Waals surface area contributed by atoms with Crippen LogP contribution in [0.1, 0.15) is 32.4 Å². The number of nitrogens with zero attached hydrogens (tertiary/aromatic N) is 1. The molecular weight excluding hydrogens is 288 g/mol. The number of methoxy groups -OCH3 is 1. The molecular formula is C15H26N2O3S. The minimum atomic E-state index is -3.50. The van der Waals surface area contributed by atoms with Crippen LogP contribution in [0.4, 0.5) is 0 Å². The van der Waals surface area contributed by atoms with Crippen molar-refractivity contribution in [2.45, 2.75) is 31.7 Å². The topological polar surface area (TPSA) is 72.6 Å². The molecule has 1 rings (SSSR count). The molecule has 1 atom stereocenters. The number of hydrogen-bond donors (Lipinski definition) is 1. The fraction of sp³-hybridized carbons (Fsp3) is 0.600. The molecule has 0 aliphatic rings. The summed E-state index contributed by atoms with van der Waals surface area (Å²) >= 11 is 0. The molecule has 21 heavy (non-hydrogen) atoms. The monoisotopic (exact) mass is 314 g/mol. The molecule has 2 N–H and O–H groups in total. The van der Waals surface area contributed by atoms with Crippen LogP contribution in [0, 0.1) is 5.92 Å². The van der Waals surface area contributed by atoms with Crippen LogP contribution in [0.2, 0.25) is 0 Å². The molecule has 0 saturated carbocycles. The van der Waals surface area contributed by atoms with Crippen LogP contribution in [0.15, 0.2) is 29.2 Å². The highest BCUT2D eigenvalue weighted by molar-refractivity contribution is 7.89. The summed E-state index contributed by atoms with van der Waals surface area (Å²) in [4.78, 5) is 0.295. The maximum atomic E-state index is 12.7. The van der Waals surface area contributed by atoms with Gasteiger partial charge in [-0.1, -0.05) is 26.0 Å². The van der Waals surface area contributed by atoms with Crippen molar-refractivity contribution in [2.75, 3.05) is 26.8 Å². The molecule has 0 fully saturated rings. The van der Waals surface area contributed by atoms with E-state index in [0.29, 0.717) is 24.6 Å². The normalized spacial score (nSPS) is 13.9. The summed E-state index contributed by atoms with van der Waals surface area (Å²) in [5.41, 5.74) is 6.71. The Kier molecular flexibility index (Phi) is 6.80. The van der Waals surface area contributed by atoms with E-state index in [9.17, 15) is 8.42 Å². The van der Waals surface area contributed by atoms with Gasteiger partial charge in [-0.2, -0.15) is 4.31 Å². The van der Waals surface area contributed by atoms with E-state index in [2.05, 4.69) is 0 Å². The third kappa shape index (κ3) is 5.07. The van der Waals surface area contributed by atoms with Crippen LogP contribution in [0.25, 0.3) is 0 Å². The lowest BCUT2D eigenvalue weighted by Gasteiger charge is -2.23. The zero-order valence-electron chi connectivity index (χ0n) is 13.2. The van der Waals surface area contributed by atoms with E-state index in [4.69, 9.17) is 10.5 Å². The van der Waals surface area contributed by atoms with Gasteiger partial charge in [-0.25, -0.2) is 8.42 Å². The number of sulfonamides is 1. The second-order valence-electron chi connectivity index (χ2n) is 5.61. The van der Waals surface area contributed by atoms with Gasteiger partial charge in [-0.3, -0.25) is 0 Å². The van der Waals surface area contributed by atoms with E-state index in [1.807, 2.05) is 20.8 Å². The summed E-state index contributed by atoms with van der Waals surface area (Å²) in [7, 11) is -1.93. The first-order valence-electron chi connectivity index (χ1n) is 7.13. The highest BCUT2D eigenvalue weighted by Crippen LogP contribution is 2.19. The second kappa shape index (κ2) is 7.89. The molecule has 1 aromatic rings. The Balaban J connectivity index is 3.03. The van der Waals surface area contributed by atoms with Gasteiger partial charge in [0.1, 0.15) is 0 Å². The van der Waals surface area contributed by atoms with Crippen LogP contribution < -0.4 is 5.73 Å². The Morgan fingerprint density at radius 2 is 1.76 bits per heavy atom. The van der Waals surface area contributed by atoms with Crippen molar-refractivity contribution in [2.24, 2.45) is 11.7 Å². The lowest BCUT2D eigenvalue weighted by atomic mass is 10.1. The molecule has 0 heterocycles. The van der Waals surface area contributed by atoms with Crippen LogP contribution in [0.3, 0.4) is 0 Å². The molecule has 0 saturated heterocycles. The summed E-state index contributed by atoms with van der Waals surface area (Å²) in [6, 6.07) is 6.66. The van der Waals surface area contributed by atoms with Gasteiger partial charge in [0.05, 0.1) is 11.5 Å². The summed E-state index contributed by atoms with van der Waals surface area (Å²) in [5.74, 6) is 0.250. The molecule has 120 valence electrons. The average molecular weight is 314 g/mol. The van der Waals surface area contributed by atoms with E-state index in [1.165, 1.54) is 4.31 Å². The quantitative estimate of drug-likeness (QED) is 0.796. The standard InChI is InChI=1S/C15H26N2O3S/c1-12(2)11-17(9-10-20-4)21(18,19)15-7-5-14(6-8-15)13(3)16/h5-8,12-13H,9-11,16H2,1-4H3. The molecule has 0 aliphatic carbocycles. The van der Waals surface area contributed by atoms with Crippen molar-refractivity contribution in [1.82, 2.24) is 4.31 Å². The summed E-state index contributed by atoms with van der Waals surface area (Å²) in [5, 5.41) is 0. The number of nitrogens with two attached hydrogens (primary N) is 1. The fourth-order valence-electron chi connectivity index (χ4n) is 2.00. The van der Waals surface area contributed by atoms with Crippen LogP contribution in [-0.4, -0.2) is 39.5 Å². The van der Waals surface area contributed by atoms with Gasteiger partial charge in [0.25, 0.3) is 0 Å². The van der Waals surface area contributed by atoms with Crippen LogP contribution in [-0.2, 0) is 14.8 Å². The molecule has 0 radical (unpaired) electrons. The molecule has 0 aliphatic heterocycles. The van der Waals surface area contributed by atoms with Gasteiger partial charge < -0.3 is 10.5 Å². The highest BCUT2D eigenvalue weighted by atomic mass is 32.2. The number of hydrogen-bond acceptors (Lipinski definition) is 4. The Hall–Kier alpha value is -0.950. The van der Waals surface area contributed by atoms with Gasteiger partial charge in [0.2, 0.25) is 10.0 Å². The Bertz CT molecular complexity index is 524. The van der Waals surface area contributed by atoms with Crippen molar-refractivity contribution in [3.63, 3.8) is 0 Å². The first kappa shape index (κ1) is 18.1. The van der Waals surface area contributed by atoms with Gasteiger partial charge in [0.15, 0.2) is 0 Å². The average Bonchev–Trinajstić information content (AvgIpc) is 2.43. The lowest BCUT2D eigenvalue weighted by molar-refractivity contribution is 0.175. The minimum absolute atomic E-state index is 0.109. The van der Waals surface area contributed by atoms with Gasteiger partial charge in [-0.15, -0.1) is 0 Å². The Labute approximate surface area is 128 Å². The SMILES string of the molecule is COCCN(CC(C)C)S(=O)(=O)c1ccc(C(C)N)cc1. The smallest absolute Gasteiger partial charge is 0.243 e. The van der Waals surface area contributed by atoms with Crippen molar-refractivity contribution < 1.29 is 13.2 Å². The van der Waals surface area contributed by atoms with E-state index < -0.39 is 10.0 Å². The van der Waals surface area contributed by atoms with Gasteiger partial charge >= 0.3 is 0 Å². The Morgan fingerprint density at radius 3 is 2.19 bits per heavy atom. The first-order chi connectivity index (χ1) is 9.78. The predicted octanol–water partition coefficient (Wildman–Crippen LogP) is 2.00. The molecule has 0 amide bonds. The number of ether oxygens (including phenoxy) is 1. The van der Waals surface area contributed by atoms with Crippen LogP contribution in [0.5, 0.6) is 0 Å². The fourth-order valence-corrected chi connectivity index (χ4v) is 3.59. The zero-order chi connectivity index (χ0) is 16.0. The molecule has 0 spiro atoms. The van der Waals surface area contributed by atoms with E-state index >= 15 is 0 Å². The van der Waals surface area contributed by atoms with E-state index in [-0.39, 0.29) is 12.0 Å². The zero-order valence-corrected chi connectivity index (χ0v) is 14.1. The highest BCUT2D eigenvalue weighted by Gasteiger charge is 2.24. The molecule has 0 aromatic heterocycles. The van der Waals surface area contributed by atoms with Gasteiger partial charge in [0, 0.05) is 26.2 Å². The summed E-state index contributed by atoms with van der Waals surface area (Å²) in [6.07, 6.45) is 0. The predicted molar refractivity (Wildman–Crippen MR) is 84.5 cm³/mol. The molecule has 5 nitrogen and oxygen atoms in total. The van der Waals surface area contributed by atoms with Gasteiger partial charge in [-0.05, 0) is 30.5 Å².